The molecule has 0 aliphatic rings. The third-order valence-corrected chi connectivity index (χ3v) is 2.67. The summed E-state index contributed by atoms with van der Waals surface area (Å²) in [6, 6.07) is 13.6. The highest BCUT2D eigenvalue weighted by molar-refractivity contribution is 6.01. The van der Waals surface area contributed by atoms with E-state index >= 15 is 0 Å². The molecule has 0 aliphatic heterocycles. The average Bonchev–Trinajstić information content (AvgIpc) is 2.39. The number of carbonyl (C=O) groups is 1. The van der Waals surface area contributed by atoms with Crippen LogP contribution in [0, 0.1) is 0 Å². The van der Waals surface area contributed by atoms with E-state index in [-0.39, 0.29) is 6.03 Å². The van der Waals surface area contributed by atoms with E-state index in [1.807, 2.05) is 42.5 Å². The van der Waals surface area contributed by atoms with Gasteiger partial charge in [-0.1, -0.05) is 42.5 Å². The van der Waals surface area contributed by atoms with E-state index in [0.717, 1.165) is 22.9 Å². The Balaban J connectivity index is 2.11. The SMILES string of the molecule is C=CCCNC(=O)Nc1cccc2ccccc12. The van der Waals surface area contributed by atoms with E-state index in [1.165, 1.54) is 0 Å². The lowest BCUT2D eigenvalue weighted by Crippen LogP contribution is -2.29. The van der Waals surface area contributed by atoms with Gasteiger partial charge in [0, 0.05) is 11.9 Å². The van der Waals surface area contributed by atoms with Crippen LogP contribution in [0.3, 0.4) is 0 Å². The summed E-state index contributed by atoms with van der Waals surface area (Å²) < 4.78 is 0. The Hall–Kier alpha value is -2.29. The number of hydrogen-bond donors (Lipinski definition) is 2. The maximum atomic E-state index is 11.7. The van der Waals surface area contributed by atoms with Crippen molar-refractivity contribution >= 4 is 22.5 Å². The van der Waals surface area contributed by atoms with Crippen molar-refractivity contribution in [2.24, 2.45) is 0 Å². The lowest BCUT2D eigenvalue weighted by molar-refractivity contribution is 0.252. The number of urea groups is 1. The minimum atomic E-state index is -0.187. The molecule has 3 heteroatoms. The molecule has 3 nitrogen and oxygen atoms in total. The molecule has 0 aliphatic carbocycles. The predicted molar refractivity (Wildman–Crippen MR) is 75.8 cm³/mol. The van der Waals surface area contributed by atoms with E-state index in [2.05, 4.69) is 17.2 Å². The molecule has 2 amide bonds. The summed E-state index contributed by atoms with van der Waals surface area (Å²) in [5.74, 6) is 0. The normalized spacial score (nSPS) is 10.0. The molecule has 92 valence electrons. The van der Waals surface area contributed by atoms with Crippen LogP contribution < -0.4 is 10.6 Å². The fraction of sp³-hybridized carbons (Fsp3) is 0.133. The van der Waals surface area contributed by atoms with Crippen LogP contribution in [0.2, 0.25) is 0 Å². The van der Waals surface area contributed by atoms with E-state index in [1.54, 1.807) is 6.08 Å². The summed E-state index contributed by atoms with van der Waals surface area (Å²) in [7, 11) is 0. The molecule has 0 saturated heterocycles. The van der Waals surface area contributed by atoms with Gasteiger partial charge in [-0.2, -0.15) is 0 Å². The van der Waals surface area contributed by atoms with E-state index in [9.17, 15) is 4.79 Å². The molecule has 2 rings (SSSR count). The summed E-state index contributed by atoms with van der Waals surface area (Å²) in [5, 5.41) is 7.79. The third kappa shape index (κ3) is 2.88. The first-order valence-electron chi connectivity index (χ1n) is 5.95. The molecule has 0 fully saturated rings. The average molecular weight is 240 g/mol. The minimum absolute atomic E-state index is 0.187. The van der Waals surface area contributed by atoms with Crippen molar-refractivity contribution in [1.29, 1.82) is 0 Å². The van der Waals surface area contributed by atoms with E-state index in [0.29, 0.717) is 6.54 Å². The number of benzene rings is 2. The molecule has 0 spiro atoms. The summed E-state index contributed by atoms with van der Waals surface area (Å²) in [5.41, 5.74) is 0.823. The van der Waals surface area contributed by atoms with Gasteiger partial charge < -0.3 is 10.6 Å². The Morgan fingerprint density at radius 1 is 1.17 bits per heavy atom. The van der Waals surface area contributed by atoms with Crippen molar-refractivity contribution in [1.82, 2.24) is 5.32 Å². The lowest BCUT2D eigenvalue weighted by Gasteiger charge is -2.09. The highest BCUT2D eigenvalue weighted by atomic mass is 16.2. The zero-order chi connectivity index (χ0) is 12.8. The highest BCUT2D eigenvalue weighted by Crippen LogP contribution is 2.22. The van der Waals surface area contributed by atoms with Gasteiger partial charge in [0.15, 0.2) is 0 Å². The zero-order valence-corrected chi connectivity index (χ0v) is 10.1. The maximum Gasteiger partial charge on any atom is 0.319 e. The smallest absolute Gasteiger partial charge is 0.319 e. The van der Waals surface area contributed by atoms with Crippen LogP contribution >= 0.6 is 0 Å². The maximum absolute atomic E-state index is 11.7. The van der Waals surface area contributed by atoms with E-state index in [4.69, 9.17) is 0 Å². The van der Waals surface area contributed by atoms with Crippen molar-refractivity contribution in [3.8, 4) is 0 Å². The fourth-order valence-electron chi connectivity index (χ4n) is 1.79. The van der Waals surface area contributed by atoms with Gasteiger partial charge in [-0.3, -0.25) is 0 Å². The highest BCUT2D eigenvalue weighted by Gasteiger charge is 2.03. The van der Waals surface area contributed by atoms with Crippen molar-refractivity contribution in [2.75, 3.05) is 11.9 Å². The Labute approximate surface area is 107 Å². The quantitative estimate of drug-likeness (QED) is 0.623. The Morgan fingerprint density at radius 3 is 2.78 bits per heavy atom. The molecule has 2 N–H and O–H groups in total. The first-order chi connectivity index (χ1) is 8.81. The van der Waals surface area contributed by atoms with Crippen molar-refractivity contribution < 1.29 is 4.79 Å². The number of nitrogens with one attached hydrogen (secondary N) is 2. The van der Waals surface area contributed by atoms with Crippen LogP contribution in [0.1, 0.15) is 6.42 Å². The Morgan fingerprint density at radius 2 is 1.94 bits per heavy atom. The van der Waals surface area contributed by atoms with Crippen LogP contribution in [-0.2, 0) is 0 Å². The second kappa shape index (κ2) is 5.87. The molecular formula is C15H16N2O. The largest absolute Gasteiger partial charge is 0.338 e. The summed E-state index contributed by atoms with van der Waals surface area (Å²) >= 11 is 0. The molecule has 0 unspecified atom stereocenters. The lowest BCUT2D eigenvalue weighted by atomic mass is 10.1. The van der Waals surface area contributed by atoms with Crippen LogP contribution in [-0.4, -0.2) is 12.6 Å². The number of carbonyl (C=O) groups excluding carboxylic acids is 1. The first-order valence-corrected chi connectivity index (χ1v) is 5.95. The molecule has 0 atom stereocenters. The minimum Gasteiger partial charge on any atom is -0.338 e. The van der Waals surface area contributed by atoms with Crippen LogP contribution in [0.5, 0.6) is 0 Å². The van der Waals surface area contributed by atoms with Crippen LogP contribution in [0.25, 0.3) is 10.8 Å². The number of hydrogen-bond acceptors (Lipinski definition) is 1. The van der Waals surface area contributed by atoms with Gasteiger partial charge in [0.2, 0.25) is 0 Å². The van der Waals surface area contributed by atoms with E-state index < -0.39 is 0 Å². The van der Waals surface area contributed by atoms with Gasteiger partial charge in [-0.15, -0.1) is 6.58 Å². The van der Waals surface area contributed by atoms with Gasteiger partial charge in [0.1, 0.15) is 0 Å². The molecule has 0 radical (unpaired) electrons. The Bertz CT molecular complexity index is 558. The van der Waals surface area contributed by atoms with Gasteiger partial charge in [0.25, 0.3) is 0 Å². The van der Waals surface area contributed by atoms with Gasteiger partial charge in [-0.05, 0) is 17.9 Å². The predicted octanol–water partition coefficient (Wildman–Crippen LogP) is 3.54. The molecule has 0 saturated carbocycles. The monoisotopic (exact) mass is 240 g/mol. The number of fused-ring (bicyclic) bond motifs is 1. The molecular weight excluding hydrogens is 224 g/mol. The number of rotatable bonds is 4. The van der Waals surface area contributed by atoms with Crippen molar-refractivity contribution in [2.45, 2.75) is 6.42 Å². The molecule has 0 heterocycles. The van der Waals surface area contributed by atoms with Crippen LogP contribution in [0.15, 0.2) is 55.1 Å². The molecule has 2 aromatic rings. The van der Waals surface area contributed by atoms with Crippen molar-refractivity contribution in [3.63, 3.8) is 0 Å². The van der Waals surface area contributed by atoms with Gasteiger partial charge in [-0.25, -0.2) is 4.79 Å². The molecule has 18 heavy (non-hydrogen) atoms. The molecule has 2 aromatic carbocycles. The van der Waals surface area contributed by atoms with Crippen LogP contribution in [0.4, 0.5) is 10.5 Å². The molecule has 0 aromatic heterocycles. The summed E-state index contributed by atoms with van der Waals surface area (Å²) in [6.45, 7) is 4.21. The summed E-state index contributed by atoms with van der Waals surface area (Å²) in [6.07, 6.45) is 2.54. The number of anilines is 1. The second-order valence-corrected chi connectivity index (χ2v) is 3.98. The Kier molecular flexibility index (Phi) is 3.97. The summed E-state index contributed by atoms with van der Waals surface area (Å²) in [4.78, 5) is 11.7. The van der Waals surface area contributed by atoms with Crippen molar-refractivity contribution in [3.05, 3.63) is 55.1 Å². The number of amides is 2. The molecule has 0 bridgehead atoms. The third-order valence-electron chi connectivity index (χ3n) is 2.67. The standard InChI is InChI=1S/C15H16N2O/c1-2-3-11-16-15(18)17-14-10-6-8-12-7-4-5-9-13(12)14/h2,4-10H,1,3,11H2,(H2,16,17,18). The zero-order valence-electron chi connectivity index (χ0n) is 10.1. The fourth-order valence-corrected chi connectivity index (χ4v) is 1.79. The topological polar surface area (TPSA) is 41.1 Å². The second-order valence-electron chi connectivity index (χ2n) is 3.98. The van der Waals surface area contributed by atoms with Gasteiger partial charge in [0.05, 0.1) is 5.69 Å². The van der Waals surface area contributed by atoms with Gasteiger partial charge >= 0.3 is 6.03 Å². The first kappa shape index (κ1) is 12.2.